The molecule has 1 rings (SSSR count). The summed E-state index contributed by atoms with van der Waals surface area (Å²) in [6.07, 6.45) is 3.85. The van der Waals surface area contributed by atoms with Crippen molar-refractivity contribution in [3.05, 3.63) is 47.0 Å². The molecule has 1 N–H and O–H groups in total. The first-order valence-electron chi connectivity index (χ1n) is 6.13. The molecule has 0 fully saturated rings. The molecule has 1 aromatic rings. The van der Waals surface area contributed by atoms with Gasteiger partial charge in [-0.2, -0.15) is 0 Å². The Kier molecular flexibility index (Phi) is 5.59. The summed E-state index contributed by atoms with van der Waals surface area (Å²) in [5.41, 5.74) is 3.97. The smallest absolute Gasteiger partial charge is 0.328 e. The number of hydrogen-bond donors (Lipinski definition) is 1. The number of benzene rings is 1. The van der Waals surface area contributed by atoms with Crippen molar-refractivity contribution in [3.8, 4) is 0 Å². The van der Waals surface area contributed by atoms with Gasteiger partial charge in [-0.05, 0) is 38.4 Å². The summed E-state index contributed by atoms with van der Waals surface area (Å²) in [5.74, 6) is -0.891. The summed E-state index contributed by atoms with van der Waals surface area (Å²) in [4.78, 5) is 12.4. The fourth-order valence-electron chi connectivity index (χ4n) is 1.86. The van der Waals surface area contributed by atoms with E-state index in [9.17, 15) is 4.79 Å². The zero-order chi connectivity index (χ0) is 13.5. The number of rotatable bonds is 6. The van der Waals surface area contributed by atoms with Crippen LogP contribution in [-0.2, 0) is 11.2 Å². The van der Waals surface area contributed by atoms with E-state index in [0.717, 1.165) is 13.0 Å². The van der Waals surface area contributed by atoms with Crippen LogP contribution in [0.25, 0.3) is 0 Å². The van der Waals surface area contributed by atoms with Gasteiger partial charge in [-0.15, -0.1) is 0 Å². The number of carboxylic acids is 1. The van der Waals surface area contributed by atoms with E-state index in [0.29, 0.717) is 6.54 Å². The molecule has 0 heterocycles. The Balaban J connectivity index is 2.42. The van der Waals surface area contributed by atoms with Crippen molar-refractivity contribution in [1.29, 1.82) is 0 Å². The van der Waals surface area contributed by atoms with Gasteiger partial charge < -0.3 is 10.0 Å². The van der Waals surface area contributed by atoms with Gasteiger partial charge in [0.15, 0.2) is 0 Å². The zero-order valence-electron chi connectivity index (χ0n) is 11.3. The molecule has 0 radical (unpaired) electrons. The largest absolute Gasteiger partial charge is 0.478 e. The van der Waals surface area contributed by atoms with Crippen LogP contribution in [-0.4, -0.2) is 36.1 Å². The van der Waals surface area contributed by atoms with Crippen molar-refractivity contribution < 1.29 is 9.90 Å². The summed E-state index contributed by atoms with van der Waals surface area (Å²) in [6, 6.07) is 6.50. The molecular formula is C15H21NO2. The van der Waals surface area contributed by atoms with Gasteiger partial charge in [0.05, 0.1) is 0 Å². The molecule has 98 valence electrons. The lowest BCUT2D eigenvalue weighted by Gasteiger charge is -2.15. The predicted octanol–water partition coefficient (Wildman–Crippen LogP) is 2.42. The van der Waals surface area contributed by atoms with E-state index < -0.39 is 5.97 Å². The van der Waals surface area contributed by atoms with Gasteiger partial charge in [0, 0.05) is 19.2 Å². The van der Waals surface area contributed by atoms with Gasteiger partial charge in [-0.3, -0.25) is 0 Å². The standard InChI is InChI=1S/C15H21NO2/c1-12-6-7-14(13(2)11-12)8-10-16(3)9-4-5-15(17)18/h4-7,11H,8-10H2,1-3H3,(H,17,18)/b5-4+. The number of aryl methyl sites for hydroxylation is 2. The number of hydrogen-bond acceptors (Lipinski definition) is 2. The van der Waals surface area contributed by atoms with Crippen LogP contribution in [0.4, 0.5) is 0 Å². The fraction of sp³-hybridized carbons (Fsp3) is 0.400. The zero-order valence-corrected chi connectivity index (χ0v) is 11.3. The number of nitrogens with zero attached hydrogens (tertiary/aromatic N) is 1. The van der Waals surface area contributed by atoms with Crippen LogP contribution in [0.5, 0.6) is 0 Å². The summed E-state index contributed by atoms with van der Waals surface area (Å²) in [5, 5.41) is 8.49. The molecule has 0 bridgehead atoms. The molecule has 3 nitrogen and oxygen atoms in total. The monoisotopic (exact) mass is 247 g/mol. The van der Waals surface area contributed by atoms with E-state index in [2.05, 4.69) is 36.9 Å². The number of aliphatic carboxylic acids is 1. The third kappa shape index (κ3) is 5.15. The van der Waals surface area contributed by atoms with Crippen LogP contribution in [0, 0.1) is 13.8 Å². The van der Waals surface area contributed by atoms with E-state index in [1.165, 1.54) is 22.8 Å². The van der Waals surface area contributed by atoms with Crippen molar-refractivity contribution in [2.75, 3.05) is 20.1 Å². The van der Waals surface area contributed by atoms with E-state index >= 15 is 0 Å². The molecule has 1 aromatic carbocycles. The van der Waals surface area contributed by atoms with E-state index in [4.69, 9.17) is 5.11 Å². The second kappa shape index (κ2) is 6.97. The SMILES string of the molecule is Cc1ccc(CCN(C)C/C=C/C(=O)O)c(C)c1. The van der Waals surface area contributed by atoms with E-state index in [-0.39, 0.29) is 0 Å². The Morgan fingerprint density at radius 3 is 2.72 bits per heavy atom. The molecule has 0 amide bonds. The first kappa shape index (κ1) is 14.5. The van der Waals surface area contributed by atoms with Crippen LogP contribution in [0.2, 0.25) is 0 Å². The second-order valence-corrected chi connectivity index (χ2v) is 4.68. The minimum absolute atomic E-state index is 0.664. The minimum Gasteiger partial charge on any atom is -0.478 e. The predicted molar refractivity (Wildman–Crippen MR) is 73.9 cm³/mol. The Hall–Kier alpha value is -1.61. The Bertz CT molecular complexity index is 438. The van der Waals surface area contributed by atoms with E-state index in [1.807, 2.05) is 7.05 Å². The van der Waals surface area contributed by atoms with Gasteiger partial charge in [-0.25, -0.2) is 4.79 Å². The minimum atomic E-state index is -0.891. The van der Waals surface area contributed by atoms with Crippen LogP contribution in [0.15, 0.2) is 30.4 Å². The number of likely N-dealkylation sites (N-methyl/N-ethyl adjacent to an activating group) is 1. The Morgan fingerprint density at radius 2 is 2.11 bits per heavy atom. The topological polar surface area (TPSA) is 40.5 Å². The highest BCUT2D eigenvalue weighted by atomic mass is 16.4. The van der Waals surface area contributed by atoms with Crippen LogP contribution >= 0.6 is 0 Å². The highest BCUT2D eigenvalue weighted by Gasteiger charge is 2.01. The summed E-state index contributed by atoms with van der Waals surface area (Å²) in [7, 11) is 2.00. The molecule has 0 aliphatic rings. The average molecular weight is 247 g/mol. The molecule has 0 atom stereocenters. The lowest BCUT2D eigenvalue weighted by molar-refractivity contribution is -0.131. The van der Waals surface area contributed by atoms with Crippen LogP contribution in [0.3, 0.4) is 0 Å². The molecule has 0 spiro atoms. The number of carboxylic acid groups (broad SMARTS) is 1. The molecule has 0 aliphatic carbocycles. The lowest BCUT2D eigenvalue weighted by Crippen LogP contribution is -2.21. The third-order valence-electron chi connectivity index (χ3n) is 2.94. The summed E-state index contributed by atoms with van der Waals surface area (Å²) < 4.78 is 0. The molecule has 3 heteroatoms. The van der Waals surface area contributed by atoms with Gasteiger partial charge in [0.2, 0.25) is 0 Å². The first-order valence-corrected chi connectivity index (χ1v) is 6.13. The summed E-state index contributed by atoms with van der Waals surface area (Å²) in [6.45, 7) is 5.82. The van der Waals surface area contributed by atoms with Gasteiger partial charge in [-0.1, -0.05) is 29.8 Å². The van der Waals surface area contributed by atoms with Crippen molar-refractivity contribution >= 4 is 5.97 Å². The van der Waals surface area contributed by atoms with Crippen molar-refractivity contribution in [2.24, 2.45) is 0 Å². The van der Waals surface area contributed by atoms with Crippen LogP contribution < -0.4 is 0 Å². The molecule has 0 saturated carbocycles. The van der Waals surface area contributed by atoms with Crippen molar-refractivity contribution in [1.82, 2.24) is 4.90 Å². The highest BCUT2D eigenvalue weighted by molar-refractivity contribution is 5.79. The molecule has 0 aromatic heterocycles. The number of carbonyl (C=O) groups is 1. The maximum Gasteiger partial charge on any atom is 0.328 e. The normalized spacial score (nSPS) is 11.3. The van der Waals surface area contributed by atoms with Gasteiger partial charge in [0.1, 0.15) is 0 Å². The van der Waals surface area contributed by atoms with E-state index in [1.54, 1.807) is 6.08 Å². The lowest BCUT2D eigenvalue weighted by atomic mass is 10.0. The second-order valence-electron chi connectivity index (χ2n) is 4.68. The summed E-state index contributed by atoms with van der Waals surface area (Å²) >= 11 is 0. The Morgan fingerprint density at radius 1 is 1.39 bits per heavy atom. The third-order valence-corrected chi connectivity index (χ3v) is 2.94. The first-order chi connectivity index (χ1) is 8.49. The molecule has 0 saturated heterocycles. The van der Waals surface area contributed by atoms with Crippen molar-refractivity contribution in [3.63, 3.8) is 0 Å². The van der Waals surface area contributed by atoms with Crippen LogP contribution in [0.1, 0.15) is 16.7 Å². The molecular weight excluding hydrogens is 226 g/mol. The molecule has 0 aliphatic heterocycles. The Labute approximate surface area is 109 Å². The molecule has 0 unspecified atom stereocenters. The quantitative estimate of drug-likeness (QED) is 0.785. The average Bonchev–Trinajstić information content (AvgIpc) is 2.27. The van der Waals surface area contributed by atoms with Crippen molar-refractivity contribution in [2.45, 2.75) is 20.3 Å². The highest BCUT2D eigenvalue weighted by Crippen LogP contribution is 2.11. The van der Waals surface area contributed by atoms with Gasteiger partial charge >= 0.3 is 5.97 Å². The fourth-order valence-corrected chi connectivity index (χ4v) is 1.86. The maximum atomic E-state index is 10.3. The molecule has 18 heavy (non-hydrogen) atoms. The van der Waals surface area contributed by atoms with Gasteiger partial charge in [0.25, 0.3) is 0 Å². The maximum absolute atomic E-state index is 10.3.